The molecule has 3 aromatic carbocycles. The molecule has 0 aliphatic carbocycles. The highest BCUT2D eigenvalue weighted by molar-refractivity contribution is 7.78. The first kappa shape index (κ1) is 15.4. The van der Waals surface area contributed by atoms with Crippen molar-refractivity contribution in [2.75, 3.05) is 0 Å². The molecule has 0 aliphatic heterocycles. The molecule has 0 heterocycles. The van der Waals surface area contributed by atoms with Crippen LogP contribution in [0.1, 0.15) is 5.56 Å². The number of phenols is 2. The van der Waals surface area contributed by atoms with Crippen LogP contribution in [0.15, 0.2) is 78.9 Å². The van der Waals surface area contributed by atoms with E-state index in [1.165, 1.54) is 12.1 Å². The van der Waals surface area contributed by atoms with Gasteiger partial charge in [-0.15, -0.1) is 0 Å². The summed E-state index contributed by atoms with van der Waals surface area (Å²) in [4.78, 5) is 0. The molecule has 2 N–H and O–H groups in total. The standard InChI is InChI=1S/C19H17O3P/c20-18-12-11-15(13-19(18)21)14-23(22,16-7-3-1-4-8-16)17-9-5-2-6-10-17/h1-13,20-21H,14H2. The Labute approximate surface area is 135 Å². The van der Waals surface area contributed by atoms with Crippen molar-refractivity contribution in [1.29, 1.82) is 0 Å². The molecule has 0 spiro atoms. The SMILES string of the molecule is O=P(Cc1ccc(O)c(O)c1)(c1ccccc1)c1ccccc1. The third-order valence-corrected chi connectivity index (χ3v) is 6.87. The Morgan fingerprint density at radius 1 is 0.696 bits per heavy atom. The smallest absolute Gasteiger partial charge is 0.157 e. The second-order valence-corrected chi connectivity index (χ2v) is 8.22. The van der Waals surface area contributed by atoms with Crippen LogP contribution in [0.5, 0.6) is 11.5 Å². The molecule has 3 rings (SSSR count). The Bertz CT molecular complexity index is 802. The molecular weight excluding hydrogens is 307 g/mol. The molecule has 0 saturated carbocycles. The van der Waals surface area contributed by atoms with Crippen LogP contribution < -0.4 is 10.6 Å². The molecule has 0 unspecified atom stereocenters. The number of benzene rings is 3. The predicted molar refractivity (Wildman–Crippen MR) is 93.2 cm³/mol. The summed E-state index contributed by atoms with van der Waals surface area (Å²) in [6.45, 7) is 0. The summed E-state index contributed by atoms with van der Waals surface area (Å²) < 4.78 is 13.8. The summed E-state index contributed by atoms with van der Waals surface area (Å²) in [5.41, 5.74) is 0.719. The molecule has 116 valence electrons. The first-order valence-corrected chi connectivity index (χ1v) is 9.20. The van der Waals surface area contributed by atoms with Gasteiger partial charge in [-0.1, -0.05) is 66.7 Å². The van der Waals surface area contributed by atoms with Gasteiger partial charge >= 0.3 is 0 Å². The molecule has 0 atom stereocenters. The van der Waals surface area contributed by atoms with Crippen LogP contribution in [0.25, 0.3) is 0 Å². The average Bonchev–Trinajstić information content (AvgIpc) is 2.60. The van der Waals surface area contributed by atoms with E-state index in [-0.39, 0.29) is 17.7 Å². The van der Waals surface area contributed by atoms with Gasteiger partial charge in [0.1, 0.15) is 7.14 Å². The van der Waals surface area contributed by atoms with Crippen LogP contribution >= 0.6 is 7.14 Å². The first-order valence-electron chi connectivity index (χ1n) is 7.31. The summed E-state index contributed by atoms with van der Waals surface area (Å²) in [5.74, 6) is -0.377. The van der Waals surface area contributed by atoms with Gasteiger partial charge in [0.05, 0.1) is 0 Å². The normalized spacial score (nSPS) is 11.3. The van der Waals surface area contributed by atoms with Gasteiger partial charge in [0.2, 0.25) is 0 Å². The fourth-order valence-corrected chi connectivity index (χ4v) is 5.28. The molecule has 4 heteroatoms. The Morgan fingerprint density at radius 3 is 1.70 bits per heavy atom. The van der Waals surface area contributed by atoms with Gasteiger partial charge < -0.3 is 14.8 Å². The van der Waals surface area contributed by atoms with Crippen molar-refractivity contribution in [3.8, 4) is 11.5 Å². The van der Waals surface area contributed by atoms with E-state index in [0.717, 1.165) is 16.2 Å². The number of hydrogen-bond acceptors (Lipinski definition) is 3. The summed E-state index contributed by atoms with van der Waals surface area (Å²) in [7, 11) is -2.87. The highest BCUT2D eigenvalue weighted by Crippen LogP contribution is 2.47. The van der Waals surface area contributed by atoms with E-state index in [1.54, 1.807) is 6.07 Å². The lowest BCUT2D eigenvalue weighted by Crippen LogP contribution is -2.17. The molecule has 0 amide bonds. The lowest BCUT2D eigenvalue weighted by Gasteiger charge is -2.19. The Hall–Kier alpha value is -2.51. The number of phenolic OH excluding ortho intramolecular Hbond substituents is 2. The van der Waals surface area contributed by atoms with Gasteiger partial charge in [-0.2, -0.15) is 0 Å². The minimum atomic E-state index is -2.87. The topological polar surface area (TPSA) is 57.5 Å². The van der Waals surface area contributed by atoms with Gasteiger partial charge in [0.15, 0.2) is 11.5 Å². The highest BCUT2D eigenvalue weighted by atomic mass is 31.2. The van der Waals surface area contributed by atoms with Crippen LogP contribution in [0.4, 0.5) is 0 Å². The van der Waals surface area contributed by atoms with E-state index in [4.69, 9.17) is 0 Å². The maximum atomic E-state index is 13.8. The second kappa shape index (κ2) is 6.31. The number of rotatable bonds is 4. The zero-order valence-electron chi connectivity index (χ0n) is 12.5. The maximum Gasteiger partial charge on any atom is 0.157 e. The van der Waals surface area contributed by atoms with Gasteiger partial charge in [-0.05, 0) is 17.7 Å². The van der Waals surface area contributed by atoms with Gasteiger partial charge in [-0.25, -0.2) is 0 Å². The van der Waals surface area contributed by atoms with Gasteiger partial charge in [0.25, 0.3) is 0 Å². The van der Waals surface area contributed by atoms with Gasteiger partial charge in [-0.3, -0.25) is 0 Å². The zero-order chi connectivity index (χ0) is 16.3. The van der Waals surface area contributed by atoms with E-state index in [0.29, 0.717) is 0 Å². The number of hydrogen-bond donors (Lipinski definition) is 2. The van der Waals surface area contributed by atoms with Crippen LogP contribution in [0, 0.1) is 0 Å². The van der Waals surface area contributed by atoms with E-state index >= 15 is 0 Å². The number of aromatic hydroxyl groups is 2. The van der Waals surface area contributed by atoms with Crippen LogP contribution in [0.3, 0.4) is 0 Å². The van der Waals surface area contributed by atoms with E-state index in [2.05, 4.69) is 0 Å². The summed E-state index contributed by atoms with van der Waals surface area (Å²) in [6, 6.07) is 23.3. The fraction of sp³-hybridized carbons (Fsp3) is 0.0526. The Kier molecular flexibility index (Phi) is 4.22. The first-order chi connectivity index (χ1) is 11.1. The largest absolute Gasteiger partial charge is 0.504 e. The molecule has 0 aliphatic rings. The Morgan fingerprint density at radius 2 is 1.22 bits per heavy atom. The molecule has 0 bridgehead atoms. The van der Waals surface area contributed by atoms with Crippen molar-refractivity contribution < 1.29 is 14.8 Å². The van der Waals surface area contributed by atoms with Crippen molar-refractivity contribution >= 4 is 17.8 Å². The van der Waals surface area contributed by atoms with Crippen LogP contribution in [-0.2, 0) is 10.7 Å². The third kappa shape index (κ3) is 3.15. The minimum Gasteiger partial charge on any atom is -0.504 e. The van der Waals surface area contributed by atoms with E-state index < -0.39 is 7.14 Å². The third-order valence-electron chi connectivity index (χ3n) is 3.79. The van der Waals surface area contributed by atoms with Gasteiger partial charge in [0, 0.05) is 16.8 Å². The van der Waals surface area contributed by atoms with Crippen LogP contribution in [-0.4, -0.2) is 10.2 Å². The molecular formula is C19H17O3P. The monoisotopic (exact) mass is 324 g/mol. The van der Waals surface area contributed by atoms with Crippen molar-refractivity contribution in [2.24, 2.45) is 0 Å². The Balaban J connectivity index is 2.09. The molecule has 3 nitrogen and oxygen atoms in total. The summed E-state index contributed by atoms with van der Waals surface area (Å²) in [6.07, 6.45) is 0.287. The maximum absolute atomic E-state index is 13.8. The predicted octanol–water partition coefficient (Wildman–Crippen LogP) is 3.61. The molecule has 0 fully saturated rings. The molecule has 0 radical (unpaired) electrons. The summed E-state index contributed by atoms with van der Waals surface area (Å²) >= 11 is 0. The molecule has 23 heavy (non-hydrogen) atoms. The highest BCUT2D eigenvalue weighted by Gasteiger charge is 2.27. The molecule has 0 saturated heterocycles. The molecule has 3 aromatic rings. The molecule has 0 aromatic heterocycles. The second-order valence-electron chi connectivity index (χ2n) is 5.39. The van der Waals surface area contributed by atoms with E-state index in [1.807, 2.05) is 60.7 Å². The van der Waals surface area contributed by atoms with Crippen molar-refractivity contribution in [3.63, 3.8) is 0 Å². The zero-order valence-corrected chi connectivity index (χ0v) is 13.4. The minimum absolute atomic E-state index is 0.178. The lowest BCUT2D eigenvalue weighted by molar-refractivity contribution is 0.403. The van der Waals surface area contributed by atoms with Crippen LogP contribution in [0.2, 0.25) is 0 Å². The fourth-order valence-electron chi connectivity index (χ4n) is 2.59. The van der Waals surface area contributed by atoms with Crippen molar-refractivity contribution in [1.82, 2.24) is 0 Å². The quantitative estimate of drug-likeness (QED) is 0.569. The van der Waals surface area contributed by atoms with E-state index in [9.17, 15) is 14.8 Å². The van der Waals surface area contributed by atoms with Crippen molar-refractivity contribution in [3.05, 3.63) is 84.4 Å². The van der Waals surface area contributed by atoms with Crippen molar-refractivity contribution in [2.45, 2.75) is 6.16 Å². The lowest BCUT2D eigenvalue weighted by atomic mass is 10.2. The summed E-state index contributed by atoms with van der Waals surface area (Å²) in [5, 5.41) is 20.7. The average molecular weight is 324 g/mol.